The molecule has 0 aromatic heterocycles. The summed E-state index contributed by atoms with van der Waals surface area (Å²) in [5, 5.41) is 2.36. The van der Waals surface area contributed by atoms with E-state index >= 15 is 0 Å². The van der Waals surface area contributed by atoms with Crippen molar-refractivity contribution < 1.29 is 23.5 Å². The molecule has 0 aliphatic heterocycles. The van der Waals surface area contributed by atoms with Crippen molar-refractivity contribution in [2.24, 2.45) is 0 Å². The molecule has 0 bridgehead atoms. The number of methoxy groups -OCH3 is 1. The maximum atomic E-state index is 13.6. The van der Waals surface area contributed by atoms with E-state index in [9.17, 15) is 14.0 Å². The van der Waals surface area contributed by atoms with E-state index in [-0.39, 0.29) is 17.9 Å². The van der Waals surface area contributed by atoms with Gasteiger partial charge in [0.25, 0.3) is 5.91 Å². The molecule has 6 heteroatoms. The molecule has 0 aliphatic carbocycles. The molecule has 1 aromatic rings. The van der Waals surface area contributed by atoms with E-state index < -0.39 is 23.7 Å². The van der Waals surface area contributed by atoms with Gasteiger partial charge in [0.05, 0.1) is 13.7 Å². The van der Waals surface area contributed by atoms with E-state index in [4.69, 9.17) is 9.47 Å². The first-order valence-electron chi connectivity index (χ1n) is 5.81. The van der Waals surface area contributed by atoms with E-state index in [1.807, 2.05) is 0 Å². The van der Waals surface area contributed by atoms with Gasteiger partial charge in [-0.25, -0.2) is 9.18 Å². The van der Waals surface area contributed by atoms with Crippen LogP contribution in [0.3, 0.4) is 0 Å². The Morgan fingerprint density at radius 2 is 2.11 bits per heavy atom. The van der Waals surface area contributed by atoms with Gasteiger partial charge in [0.15, 0.2) is 0 Å². The molecule has 0 radical (unpaired) electrons. The Bertz CT molecular complexity index is 476. The van der Waals surface area contributed by atoms with Crippen LogP contribution in [0.2, 0.25) is 0 Å². The topological polar surface area (TPSA) is 64.6 Å². The van der Waals surface area contributed by atoms with Crippen LogP contribution in [0.1, 0.15) is 24.2 Å². The minimum absolute atomic E-state index is 0.105. The minimum atomic E-state index is -0.864. The molecule has 0 heterocycles. The molecule has 1 rings (SSSR count). The summed E-state index contributed by atoms with van der Waals surface area (Å²) in [6, 6.07) is 3.18. The summed E-state index contributed by atoms with van der Waals surface area (Å²) in [6.45, 7) is 3.33. The van der Waals surface area contributed by atoms with E-state index in [0.29, 0.717) is 0 Å². The first-order valence-corrected chi connectivity index (χ1v) is 5.81. The summed E-state index contributed by atoms with van der Waals surface area (Å²) in [5.74, 6) is -1.91. The number of carbonyl (C=O) groups is 2. The summed E-state index contributed by atoms with van der Waals surface area (Å²) in [5.41, 5.74) is -0.235. The highest BCUT2D eigenvalue weighted by Crippen LogP contribution is 2.20. The molecule has 19 heavy (non-hydrogen) atoms. The third kappa shape index (κ3) is 3.67. The van der Waals surface area contributed by atoms with Gasteiger partial charge in [-0.1, -0.05) is 6.07 Å². The number of carbonyl (C=O) groups excluding carboxylic acids is 2. The number of rotatable bonds is 5. The highest BCUT2D eigenvalue weighted by Gasteiger charge is 2.22. The molecule has 0 saturated carbocycles. The van der Waals surface area contributed by atoms with Gasteiger partial charge in [-0.05, 0) is 26.0 Å². The van der Waals surface area contributed by atoms with Gasteiger partial charge in [-0.2, -0.15) is 0 Å². The lowest BCUT2D eigenvalue weighted by Gasteiger charge is -2.14. The van der Waals surface area contributed by atoms with Crippen molar-refractivity contribution in [3.63, 3.8) is 0 Å². The number of halogens is 1. The third-order valence-corrected chi connectivity index (χ3v) is 2.41. The maximum Gasteiger partial charge on any atom is 0.328 e. The summed E-state index contributed by atoms with van der Waals surface area (Å²) in [7, 11) is 1.33. The van der Waals surface area contributed by atoms with Crippen LogP contribution in [-0.2, 0) is 9.53 Å². The molecule has 1 aromatic carbocycles. The van der Waals surface area contributed by atoms with Crippen LogP contribution in [0.15, 0.2) is 18.2 Å². The number of benzene rings is 1. The van der Waals surface area contributed by atoms with E-state index in [2.05, 4.69) is 5.32 Å². The molecule has 0 saturated heterocycles. The summed E-state index contributed by atoms with van der Waals surface area (Å²) >= 11 is 0. The first-order chi connectivity index (χ1) is 9.01. The van der Waals surface area contributed by atoms with E-state index in [1.165, 1.54) is 26.2 Å². The Balaban J connectivity index is 2.87. The summed E-state index contributed by atoms with van der Waals surface area (Å²) in [4.78, 5) is 23.3. The van der Waals surface area contributed by atoms with Crippen LogP contribution in [0.4, 0.5) is 4.39 Å². The fourth-order valence-electron chi connectivity index (χ4n) is 1.49. The summed E-state index contributed by atoms with van der Waals surface area (Å²) < 4.78 is 23.3. The maximum absolute atomic E-state index is 13.6. The minimum Gasteiger partial charge on any atom is -0.496 e. The largest absolute Gasteiger partial charge is 0.496 e. The molecule has 1 atom stereocenters. The number of hydrogen-bond acceptors (Lipinski definition) is 4. The quantitative estimate of drug-likeness (QED) is 0.823. The van der Waals surface area contributed by atoms with Crippen LogP contribution in [0.25, 0.3) is 0 Å². The highest BCUT2D eigenvalue weighted by atomic mass is 19.1. The van der Waals surface area contributed by atoms with Crippen molar-refractivity contribution >= 4 is 11.9 Å². The van der Waals surface area contributed by atoms with Gasteiger partial charge in [0.1, 0.15) is 23.2 Å². The molecular formula is C13H16FNO4. The van der Waals surface area contributed by atoms with E-state index in [1.54, 1.807) is 6.92 Å². The second kappa shape index (κ2) is 6.72. The predicted octanol–water partition coefficient (Wildman–Crippen LogP) is 1.52. The number of amides is 1. The fourth-order valence-corrected chi connectivity index (χ4v) is 1.49. The Labute approximate surface area is 110 Å². The van der Waals surface area contributed by atoms with Crippen molar-refractivity contribution in [2.75, 3.05) is 13.7 Å². The molecule has 0 fully saturated rings. The molecule has 5 nitrogen and oxygen atoms in total. The van der Waals surface area contributed by atoms with Crippen LogP contribution in [0, 0.1) is 5.82 Å². The SMILES string of the molecule is CCOC(=O)C(C)NC(=O)c1c(F)cccc1OC. The Morgan fingerprint density at radius 3 is 2.68 bits per heavy atom. The van der Waals surface area contributed by atoms with Crippen molar-refractivity contribution in [3.05, 3.63) is 29.6 Å². The lowest BCUT2D eigenvalue weighted by Crippen LogP contribution is -2.40. The van der Waals surface area contributed by atoms with Gasteiger partial charge in [-0.15, -0.1) is 0 Å². The van der Waals surface area contributed by atoms with Crippen molar-refractivity contribution in [1.82, 2.24) is 5.32 Å². The standard InChI is InChI=1S/C13H16FNO4/c1-4-19-13(17)8(2)15-12(16)11-9(14)6-5-7-10(11)18-3/h5-8H,4H2,1-3H3,(H,15,16). The molecule has 0 aliphatic rings. The predicted molar refractivity (Wildman–Crippen MR) is 66.5 cm³/mol. The molecule has 1 unspecified atom stereocenters. The Hall–Kier alpha value is -2.11. The van der Waals surface area contributed by atoms with Crippen LogP contribution < -0.4 is 10.1 Å². The normalized spacial score (nSPS) is 11.6. The highest BCUT2D eigenvalue weighted by molar-refractivity contribution is 5.99. The molecule has 0 spiro atoms. The zero-order chi connectivity index (χ0) is 14.4. The fraction of sp³-hybridized carbons (Fsp3) is 0.385. The second-order valence-electron chi connectivity index (χ2n) is 3.76. The average Bonchev–Trinajstić information content (AvgIpc) is 2.38. The van der Waals surface area contributed by atoms with Crippen LogP contribution >= 0.6 is 0 Å². The number of esters is 1. The van der Waals surface area contributed by atoms with Gasteiger partial charge < -0.3 is 14.8 Å². The van der Waals surface area contributed by atoms with Crippen molar-refractivity contribution in [2.45, 2.75) is 19.9 Å². The summed E-state index contributed by atoms with van der Waals surface area (Å²) in [6.07, 6.45) is 0. The molecule has 1 amide bonds. The molecule has 1 N–H and O–H groups in total. The molecule has 104 valence electrons. The van der Waals surface area contributed by atoms with Gasteiger partial charge in [-0.3, -0.25) is 4.79 Å². The zero-order valence-corrected chi connectivity index (χ0v) is 11.0. The Morgan fingerprint density at radius 1 is 1.42 bits per heavy atom. The second-order valence-corrected chi connectivity index (χ2v) is 3.76. The van der Waals surface area contributed by atoms with Gasteiger partial charge >= 0.3 is 5.97 Å². The zero-order valence-electron chi connectivity index (χ0n) is 11.0. The molecular weight excluding hydrogens is 253 g/mol. The van der Waals surface area contributed by atoms with Gasteiger partial charge in [0.2, 0.25) is 0 Å². The van der Waals surface area contributed by atoms with E-state index in [0.717, 1.165) is 6.07 Å². The monoisotopic (exact) mass is 269 g/mol. The number of nitrogens with one attached hydrogen (secondary N) is 1. The van der Waals surface area contributed by atoms with Crippen LogP contribution in [0.5, 0.6) is 5.75 Å². The number of hydrogen-bond donors (Lipinski definition) is 1. The smallest absolute Gasteiger partial charge is 0.328 e. The first kappa shape index (κ1) is 14.9. The van der Waals surface area contributed by atoms with Crippen LogP contribution in [-0.4, -0.2) is 31.6 Å². The van der Waals surface area contributed by atoms with Crippen molar-refractivity contribution in [3.8, 4) is 5.75 Å². The Kier molecular flexibility index (Phi) is 5.29. The van der Waals surface area contributed by atoms with Crippen molar-refractivity contribution in [1.29, 1.82) is 0 Å². The number of ether oxygens (including phenoxy) is 2. The third-order valence-electron chi connectivity index (χ3n) is 2.41. The lowest BCUT2D eigenvalue weighted by atomic mass is 10.1. The van der Waals surface area contributed by atoms with Gasteiger partial charge in [0, 0.05) is 0 Å². The average molecular weight is 269 g/mol. The lowest BCUT2D eigenvalue weighted by molar-refractivity contribution is -0.144.